The SMILES string of the molecule is CCCC(OC(=O)CC(c1ccccc1)c1cc2ccccc2[nH]1)OC(=O)CC(c1ccccc1)c1cc2ccccc2[nH]1. The lowest BCUT2D eigenvalue weighted by Gasteiger charge is -2.22. The zero-order valence-corrected chi connectivity index (χ0v) is 24.7. The Morgan fingerprint density at radius 3 is 1.41 bits per heavy atom. The number of hydrogen-bond acceptors (Lipinski definition) is 4. The molecule has 44 heavy (non-hydrogen) atoms. The number of rotatable bonds is 12. The zero-order chi connectivity index (χ0) is 30.3. The molecule has 0 aliphatic heterocycles. The van der Waals surface area contributed by atoms with Crippen molar-refractivity contribution >= 4 is 33.7 Å². The topological polar surface area (TPSA) is 84.2 Å². The van der Waals surface area contributed by atoms with Crippen LogP contribution in [0.25, 0.3) is 21.8 Å². The Labute approximate surface area is 257 Å². The normalized spacial score (nSPS) is 13.4. The number of fused-ring (bicyclic) bond motifs is 2. The number of benzene rings is 4. The van der Waals surface area contributed by atoms with Gasteiger partial charge in [0.2, 0.25) is 6.29 Å². The van der Waals surface area contributed by atoms with E-state index in [0.717, 1.165) is 44.3 Å². The Morgan fingerprint density at radius 1 is 0.591 bits per heavy atom. The predicted molar refractivity (Wildman–Crippen MR) is 173 cm³/mol. The van der Waals surface area contributed by atoms with Crippen LogP contribution in [0.2, 0.25) is 0 Å². The smallest absolute Gasteiger partial charge is 0.309 e. The highest BCUT2D eigenvalue weighted by Gasteiger charge is 2.27. The van der Waals surface area contributed by atoms with Crippen LogP contribution in [0.3, 0.4) is 0 Å². The van der Waals surface area contributed by atoms with E-state index in [4.69, 9.17) is 9.47 Å². The fourth-order valence-electron chi connectivity index (χ4n) is 5.85. The third-order valence-corrected chi connectivity index (χ3v) is 8.05. The Hall–Kier alpha value is -5.10. The summed E-state index contributed by atoms with van der Waals surface area (Å²) < 4.78 is 11.7. The van der Waals surface area contributed by atoms with Gasteiger partial charge in [-0.3, -0.25) is 9.59 Å². The van der Waals surface area contributed by atoms with Crippen LogP contribution in [-0.4, -0.2) is 28.2 Å². The number of carbonyl (C=O) groups excluding carboxylic acids is 2. The fourth-order valence-corrected chi connectivity index (χ4v) is 5.85. The maximum absolute atomic E-state index is 13.4. The highest BCUT2D eigenvalue weighted by atomic mass is 16.7. The molecule has 0 radical (unpaired) electrons. The van der Waals surface area contributed by atoms with E-state index in [1.807, 2.05) is 116 Å². The number of para-hydroxylation sites is 2. The first-order valence-electron chi connectivity index (χ1n) is 15.2. The molecule has 6 rings (SSSR count). The largest absolute Gasteiger partial charge is 0.425 e. The number of hydrogen-bond donors (Lipinski definition) is 2. The number of aromatic nitrogens is 2. The van der Waals surface area contributed by atoms with Gasteiger partial charge in [-0.2, -0.15) is 0 Å². The van der Waals surface area contributed by atoms with Gasteiger partial charge in [0, 0.05) is 40.7 Å². The van der Waals surface area contributed by atoms with E-state index in [2.05, 4.69) is 22.1 Å². The van der Waals surface area contributed by atoms with Gasteiger partial charge < -0.3 is 19.4 Å². The molecule has 2 heterocycles. The second-order valence-electron chi connectivity index (χ2n) is 11.2. The summed E-state index contributed by atoms with van der Waals surface area (Å²) >= 11 is 0. The van der Waals surface area contributed by atoms with Crippen LogP contribution < -0.4 is 0 Å². The van der Waals surface area contributed by atoms with Gasteiger partial charge in [0.25, 0.3) is 0 Å². The molecular formula is C38H36N2O4. The molecule has 0 saturated carbocycles. The van der Waals surface area contributed by atoms with E-state index in [1.54, 1.807) is 0 Å². The summed E-state index contributed by atoms with van der Waals surface area (Å²) in [7, 11) is 0. The molecule has 4 aromatic carbocycles. The van der Waals surface area contributed by atoms with Gasteiger partial charge >= 0.3 is 11.9 Å². The highest BCUT2D eigenvalue weighted by Crippen LogP contribution is 2.32. The van der Waals surface area contributed by atoms with Gasteiger partial charge in [0.05, 0.1) is 12.8 Å². The third-order valence-electron chi connectivity index (χ3n) is 8.05. The monoisotopic (exact) mass is 584 g/mol. The van der Waals surface area contributed by atoms with Crippen LogP contribution in [0, 0.1) is 0 Å². The van der Waals surface area contributed by atoms with Crippen molar-refractivity contribution in [2.75, 3.05) is 0 Å². The van der Waals surface area contributed by atoms with Crippen LogP contribution in [0.4, 0.5) is 0 Å². The Kier molecular flexibility index (Phi) is 8.87. The molecule has 2 N–H and O–H groups in total. The summed E-state index contributed by atoms with van der Waals surface area (Å²) in [6.45, 7) is 1.98. The molecule has 6 aromatic rings. The third kappa shape index (κ3) is 6.76. The number of ether oxygens (including phenoxy) is 2. The van der Waals surface area contributed by atoms with Gasteiger partial charge in [0.15, 0.2) is 0 Å². The van der Waals surface area contributed by atoms with Crippen LogP contribution in [-0.2, 0) is 19.1 Å². The number of carbonyl (C=O) groups is 2. The molecule has 2 atom stereocenters. The highest BCUT2D eigenvalue weighted by molar-refractivity contribution is 5.82. The first-order chi connectivity index (χ1) is 21.6. The molecule has 0 fully saturated rings. The predicted octanol–water partition coefficient (Wildman–Crippen LogP) is 8.61. The molecule has 0 amide bonds. The van der Waals surface area contributed by atoms with Gasteiger partial charge in [-0.25, -0.2) is 0 Å². The van der Waals surface area contributed by atoms with E-state index in [0.29, 0.717) is 12.8 Å². The van der Waals surface area contributed by atoms with Crippen LogP contribution in [0.15, 0.2) is 121 Å². The van der Waals surface area contributed by atoms with E-state index in [1.165, 1.54) is 0 Å². The Bertz CT molecular complexity index is 1640. The van der Waals surface area contributed by atoms with Crippen molar-refractivity contribution in [1.29, 1.82) is 0 Å². The molecular weight excluding hydrogens is 548 g/mol. The summed E-state index contributed by atoms with van der Waals surface area (Å²) in [5.74, 6) is -1.31. The minimum atomic E-state index is -0.960. The lowest BCUT2D eigenvalue weighted by Crippen LogP contribution is -2.26. The zero-order valence-electron chi connectivity index (χ0n) is 24.7. The van der Waals surface area contributed by atoms with Gasteiger partial charge in [-0.15, -0.1) is 0 Å². The van der Waals surface area contributed by atoms with Gasteiger partial charge in [0.1, 0.15) is 0 Å². The van der Waals surface area contributed by atoms with E-state index in [-0.39, 0.29) is 24.7 Å². The Balaban J connectivity index is 1.18. The van der Waals surface area contributed by atoms with E-state index < -0.39 is 18.2 Å². The van der Waals surface area contributed by atoms with Crippen molar-refractivity contribution in [2.24, 2.45) is 0 Å². The van der Waals surface area contributed by atoms with Crippen LogP contribution in [0.5, 0.6) is 0 Å². The second-order valence-corrected chi connectivity index (χ2v) is 11.2. The van der Waals surface area contributed by atoms with E-state index >= 15 is 0 Å². The maximum Gasteiger partial charge on any atom is 0.309 e. The molecule has 2 unspecified atom stereocenters. The molecule has 222 valence electrons. The number of esters is 2. The van der Waals surface area contributed by atoms with Crippen LogP contribution >= 0.6 is 0 Å². The summed E-state index contributed by atoms with van der Waals surface area (Å²) in [6.07, 6.45) is 0.368. The van der Waals surface area contributed by atoms with Crippen molar-refractivity contribution in [1.82, 2.24) is 9.97 Å². The van der Waals surface area contributed by atoms with Crippen molar-refractivity contribution in [3.63, 3.8) is 0 Å². The first-order valence-corrected chi connectivity index (χ1v) is 15.2. The minimum absolute atomic E-state index is 0.107. The molecule has 0 aliphatic rings. The summed E-state index contributed by atoms with van der Waals surface area (Å²) in [5, 5.41) is 2.16. The number of nitrogens with one attached hydrogen (secondary N) is 2. The van der Waals surface area contributed by atoms with Crippen LogP contribution in [0.1, 0.15) is 67.0 Å². The molecule has 6 heteroatoms. The molecule has 6 nitrogen and oxygen atoms in total. The molecule has 0 bridgehead atoms. The summed E-state index contributed by atoms with van der Waals surface area (Å²) in [5.41, 5.74) is 5.90. The molecule has 0 saturated heterocycles. The van der Waals surface area contributed by atoms with Crippen molar-refractivity contribution in [2.45, 2.75) is 50.7 Å². The maximum atomic E-state index is 13.4. The van der Waals surface area contributed by atoms with Crippen molar-refractivity contribution < 1.29 is 19.1 Å². The lowest BCUT2D eigenvalue weighted by molar-refractivity contribution is -0.189. The minimum Gasteiger partial charge on any atom is -0.425 e. The van der Waals surface area contributed by atoms with Crippen molar-refractivity contribution in [3.8, 4) is 0 Å². The second kappa shape index (κ2) is 13.5. The average molecular weight is 585 g/mol. The Morgan fingerprint density at radius 2 is 1.00 bits per heavy atom. The van der Waals surface area contributed by atoms with E-state index in [9.17, 15) is 9.59 Å². The standard InChI is InChI=1S/C38H36N2O4/c1-2-13-38(43-36(41)24-30(26-14-5-3-6-15-26)34-22-28-18-9-11-20-32(28)39-34)44-37(42)25-31(27-16-7-4-8-17-27)35-23-29-19-10-12-21-33(29)40-35/h3-12,14-23,30-31,38-40H,2,13,24-25H2,1H3. The quantitative estimate of drug-likeness (QED) is 0.111. The van der Waals surface area contributed by atoms with Gasteiger partial charge in [-0.1, -0.05) is 104 Å². The number of H-pyrrole nitrogens is 2. The fraction of sp³-hybridized carbons (Fsp3) is 0.211. The summed E-state index contributed by atoms with van der Waals surface area (Å²) in [4.78, 5) is 33.8. The van der Waals surface area contributed by atoms with Crippen molar-refractivity contribution in [3.05, 3.63) is 144 Å². The lowest BCUT2D eigenvalue weighted by atomic mass is 9.92. The molecule has 2 aromatic heterocycles. The number of aromatic amines is 2. The molecule has 0 spiro atoms. The van der Waals surface area contributed by atoms with Gasteiger partial charge in [-0.05, 0) is 52.6 Å². The average Bonchev–Trinajstić information content (AvgIpc) is 3.68. The molecule has 0 aliphatic carbocycles. The summed E-state index contributed by atoms with van der Waals surface area (Å²) in [6, 6.07) is 40.1. The first kappa shape index (κ1) is 29.0.